The molecule has 1 heterocycles. The van der Waals surface area contributed by atoms with Gasteiger partial charge in [-0.2, -0.15) is 0 Å². The highest BCUT2D eigenvalue weighted by Crippen LogP contribution is 2.34. The number of hydrogen-bond acceptors (Lipinski definition) is 5. The lowest BCUT2D eigenvalue weighted by Crippen LogP contribution is -2.04. The molecule has 0 aliphatic rings. The van der Waals surface area contributed by atoms with Crippen LogP contribution in [0.3, 0.4) is 0 Å². The normalized spacial score (nSPS) is 11.0. The van der Waals surface area contributed by atoms with E-state index in [0.717, 1.165) is 12.1 Å². The van der Waals surface area contributed by atoms with Crippen LogP contribution >= 0.6 is 11.6 Å². The van der Waals surface area contributed by atoms with Crippen LogP contribution in [0, 0.1) is 15.9 Å². The summed E-state index contributed by atoms with van der Waals surface area (Å²) >= 11 is 5.97. The van der Waals surface area contributed by atoms with Crippen LogP contribution in [0.1, 0.15) is 16.1 Å². The largest absolute Gasteiger partial charge is 0.450 e. The second kappa shape index (κ2) is 7.03. The highest BCUT2D eigenvalue weighted by molar-refractivity contribution is 6.35. The number of nitrogen functional groups attached to an aromatic ring is 1. The van der Waals surface area contributed by atoms with Crippen molar-refractivity contribution in [1.29, 1.82) is 0 Å². The molecule has 0 spiro atoms. The predicted molar refractivity (Wildman–Crippen MR) is 108 cm³/mol. The van der Waals surface area contributed by atoms with Crippen molar-refractivity contribution < 1.29 is 18.5 Å². The summed E-state index contributed by atoms with van der Waals surface area (Å²) in [6.07, 6.45) is 0. The molecule has 3 aromatic carbocycles. The topological polar surface area (TPSA) is 99.4 Å². The van der Waals surface area contributed by atoms with Crippen molar-refractivity contribution in [2.45, 2.75) is 0 Å². The van der Waals surface area contributed by atoms with Gasteiger partial charge >= 0.3 is 0 Å². The van der Waals surface area contributed by atoms with Crippen LogP contribution < -0.4 is 5.73 Å². The van der Waals surface area contributed by atoms with Crippen LogP contribution in [-0.4, -0.2) is 10.7 Å². The molecule has 0 atom stereocenters. The van der Waals surface area contributed by atoms with Crippen LogP contribution in [0.25, 0.3) is 22.1 Å². The molecule has 0 amide bonds. The van der Waals surface area contributed by atoms with Crippen molar-refractivity contribution >= 4 is 39.7 Å². The number of furan rings is 1. The van der Waals surface area contributed by atoms with Crippen LogP contribution in [0.2, 0.25) is 5.02 Å². The quantitative estimate of drug-likeness (QED) is 0.267. The number of anilines is 1. The van der Waals surface area contributed by atoms with E-state index in [2.05, 4.69) is 0 Å². The first kappa shape index (κ1) is 18.6. The number of rotatable bonds is 4. The first-order chi connectivity index (χ1) is 13.8. The summed E-state index contributed by atoms with van der Waals surface area (Å²) in [5.74, 6) is -1.24. The maximum atomic E-state index is 13.3. The summed E-state index contributed by atoms with van der Waals surface area (Å²) in [4.78, 5) is 23.3. The van der Waals surface area contributed by atoms with E-state index in [-0.39, 0.29) is 27.7 Å². The van der Waals surface area contributed by atoms with Gasteiger partial charge in [0.15, 0.2) is 5.76 Å². The Morgan fingerprint density at radius 2 is 1.83 bits per heavy atom. The summed E-state index contributed by atoms with van der Waals surface area (Å²) in [7, 11) is 0. The molecule has 144 valence electrons. The molecular formula is C21H12ClFN2O4. The molecule has 29 heavy (non-hydrogen) atoms. The highest BCUT2D eigenvalue weighted by atomic mass is 35.5. The molecule has 0 bridgehead atoms. The Bertz CT molecular complexity index is 1300. The number of fused-ring (bicyclic) bond motifs is 1. The fraction of sp³-hybridized carbons (Fsp3) is 0. The van der Waals surface area contributed by atoms with E-state index in [9.17, 15) is 19.3 Å². The summed E-state index contributed by atoms with van der Waals surface area (Å²) in [6, 6.07) is 14.6. The Morgan fingerprint density at radius 3 is 2.55 bits per heavy atom. The average Bonchev–Trinajstić information content (AvgIpc) is 3.03. The van der Waals surface area contributed by atoms with Gasteiger partial charge in [0, 0.05) is 23.1 Å². The first-order valence-electron chi connectivity index (χ1n) is 8.42. The third kappa shape index (κ3) is 3.32. The maximum absolute atomic E-state index is 13.3. The van der Waals surface area contributed by atoms with Gasteiger partial charge in [-0.05, 0) is 41.5 Å². The summed E-state index contributed by atoms with van der Waals surface area (Å²) in [5, 5.41) is 11.5. The fourth-order valence-electron chi connectivity index (χ4n) is 3.06. The van der Waals surface area contributed by atoms with Crippen molar-refractivity contribution in [3.63, 3.8) is 0 Å². The number of benzene rings is 3. The molecular weight excluding hydrogens is 399 g/mol. The molecule has 0 saturated heterocycles. The third-order valence-corrected chi connectivity index (χ3v) is 4.81. The van der Waals surface area contributed by atoms with E-state index in [1.807, 2.05) is 0 Å². The summed E-state index contributed by atoms with van der Waals surface area (Å²) in [6.45, 7) is 0. The van der Waals surface area contributed by atoms with Crippen molar-refractivity contribution in [2.24, 2.45) is 0 Å². The van der Waals surface area contributed by atoms with E-state index >= 15 is 0 Å². The molecule has 0 aliphatic carbocycles. The number of carbonyl (C=O) groups is 1. The number of hydrogen-bond donors (Lipinski definition) is 1. The Balaban J connectivity index is 1.79. The SMILES string of the molecule is Nc1c(C(=O)c2ccc(F)cc2Cl)oc2cc(-c3cccc([N+](=O)[O-])c3)ccc12. The van der Waals surface area contributed by atoms with Gasteiger partial charge in [0.2, 0.25) is 5.78 Å². The Hall–Kier alpha value is -3.71. The number of non-ortho nitro benzene ring substituents is 1. The number of nitro groups is 1. The van der Waals surface area contributed by atoms with E-state index in [1.54, 1.807) is 30.3 Å². The van der Waals surface area contributed by atoms with Crippen molar-refractivity contribution in [1.82, 2.24) is 0 Å². The molecule has 0 radical (unpaired) electrons. The zero-order valence-electron chi connectivity index (χ0n) is 14.7. The van der Waals surface area contributed by atoms with Gasteiger partial charge in [-0.25, -0.2) is 4.39 Å². The highest BCUT2D eigenvalue weighted by Gasteiger charge is 2.22. The predicted octanol–water partition coefficient (Wildman–Crippen LogP) is 5.61. The molecule has 0 aliphatic heterocycles. The number of ketones is 1. The van der Waals surface area contributed by atoms with E-state index < -0.39 is 16.5 Å². The summed E-state index contributed by atoms with van der Waals surface area (Å²) < 4.78 is 18.9. The third-order valence-electron chi connectivity index (χ3n) is 4.50. The van der Waals surface area contributed by atoms with Gasteiger partial charge in [0.1, 0.15) is 11.4 Å². The van der Waals surface area contributed by atoms with Crippen LogP contribution in [0.5, 0.6) is 0 Å². The van der Waals surface area contributed by atoms with Gasteiger partial charge in [0.25, 0.3) is 5.69 Å². The van der Waals surface area contributed by atoms with Gasteiger partial charge in [-0.3, -0.25) is 14.9 Å². The number of nitrogens with two attached hydrogens (primary N) is 1. The Labute approximate surface area is 168 Å². The standard InChI is InChI=1S/C21H12ClFN2O4/c22-17-10-13(23)5-7-15(17)20(26)21-19(24)16-6-4-12(9-18(16)29-21)11-2-1-3-14(8-11)25(27)28/h1-10H,24H2. The monoisotopic (exact) mass is 410 g/mol. The average molecular weight is 411 g/mol. The lowest BCUT2D eigenvalue weighted by atomic mass is 10.0. The molecule has 6 nitrogen and oxygen atoms in total. The second-order valence-corrected chi connectivity index (χ2v) is 6.72. The van der Waals surface area contributed by atoms with E-state index in [4.69, 9.17) is 21.8 Å². The fourth-order valence-corrected chi connectivity index (χ4v) is 3.31. The molecule has 0 saturated carbocycles. The van der Waals surface area contributed by atoms with Crippen molar-refractivity contribution in [2.75, 3.05) is 5.73 Å². The molecule has 2 N–H and O–H groups in total. The zero-order chi connectivity index (χ0) is 20.7. The number of carbonyl (C=O) groups excluding carboxylic acids is 1. The molecule has 4 rings (SSSR count). The minimum atomic E-state index is -0.569. The first-order valence-corrected chi connectivity index (χ1v) is 8.79. The number of halogens is 2. The Kier molecular flexibility index (Phi) is 4.52. The van der Waals surface area contributed by atoms with Crippen LogP contribution in [0.4, 0.5) is 15.8 Å². The summed E-state index contributed by atoms with van der Waals surface area (Å²) in [5.41, 5.74) is 7.87. The minimum absolute atomic E-state index is 0.0385. The molecule has 4 aromatic rings. The molecule has 0 fully saturated rings. The lowest BCUT2D eigenvalue weighted by molar-refractivity contribution is -0.384. The second-order valence-electron chi connectivity index (χ2n) is 6.32. The maximum Gasteiger partial charge on any atom is 0.270 e. The number of nitrogens with zero attached hydrogens (tertiary/aromatic N) is 1. The van der Waals surface area contributed by atoms with Gasteiger partial charge in [-0.15, -0.1) is 0 Å². The van der Waals surface area contributed by atoms with Crippen LogP contribution in [-0.2, 0) is 0 Å². The van der Waals surface area contributed by atoms with E-state index in [0.29, 0.717) is 22.1 Å². The lowest BCUT2D eigenvalue weighted by Gasteiger charge is -2.02. The van der Waals surface area contributed by atoms with Crippen LogP contribution in [0.15, 0.2) is 65.1 Å². The van der Waals surface area contributed by atoms with E-state index in [1.165, 1.54) is 18.2 Å². The molecule has 8 heteroatoms. The zero-order valence-corrected chi connectivity index (χ0v) is 15.4. The molecule has 1 aromatic heterocycles. The van der Waals surface area contributed by atoms with Gasteiger partial charge in [0.05, 0.1) is 15.6 Å². The molecule has 0 unspecified atom stereocenters. The Morgan fingerprint density at radius 1 is 1.07 bits per heavy atom. The van der Waals surface area contributed by atoms with Crippen molar-refractivity contribution in [3.05, 3.63) is 92.9 Å². The minimum Gasteiger partial charge on any atom is -0.450 e. The van der Waals surface area contributed by atoms with Gasteiger partial charge in [-0.1, -0.05) is 29.8 Å². The van der Waals surface area contributed by atoms with Gasteiger partial charge < -0.3 is 10.2 Å². The smallest absolute Gasteiger partial charge is 0.270 e. The number of nitro benzene ring substituents is 1. The van der Waals surface area contributed by atoms with Crippen molar-refractivity contribution in [3.8, 4) is 11.1 Å².